The number of rotatable bonds is 10. The van der Waals surface area contributed by atoms with E-state index in [1.165, 1.54) is 18.6 Å². The van der Waals surface area contributed by atoms with Crippen molar-refractivity contribution in [1.29, 1.82) is 0 Å². The van der Waals surface area contributed by atoms with Gasteiger partial charge in [-0.15, -0.1) is 0 Å². The van der Waals surface area contributed by atoms with Gasteiger partial charge in [-0.25, -0.2) is 0 Å². The number of aliphatic hydroxyl groups excluding tert-OH is 1. The highest BCUT2D eigenvalue weighted by molar-refractivity contribution is 8.00. The number of hydrogen-bond acceptors (Lipinski definition) is 5. The van der Waals surface area contributed by atoms with E-state index in [1.807, 2.05) is 18.7 Å². The van der Waals surface area contributed by atoms with Gasteiger partial charge in [-0.2, -0.15) is 11.8 Å². The molecule has 0 saturated carbocycles. The monoisotopic (exact) mass is 263 g/mol. The molecule has 0 aromatic rings. The molecule has 0 aliphatic carbocycles. The Kier molecular flexibility index (Phi) is 9.10. The Balaban J connectivity index is 1.84. The summed E-state index contributed by atoms with van der Waals surface area (Å²) in [5, 5.41) is 13.7. The van der Waals surface area contributed by atoms with Crippen molar-refractivity contribution in [3.05, 3.63) is 0 Å². The normalized spacial score (nSPS) is 21.9. The fourth-order valence-electron chi connectivity index (χ4n) is 1.76. The van der Waals surface area contributed by atoms with Gasteiger partial charge in [0.2, 0.25) is 0 Å². The fraction of sp³-hybridized carbons (Fsp3) is 1.00. The molecule has 0 amide bonds. The van der Waals surface area contributed by atoms with Crippen molar-refractivity contribution in [3.8, 4) is 0 Å². The molecule has 1 heterocycles. The Bertz CT molecular complexity index is 177. The van der Waals surface area contributed by atoms with Gasteiger partial charge in [0.1, 0.15) is 0 Å². The van der Waals surface area contributed by atoms with Crippen molar-refractivity contribution >= 4 is 11.8 Å². The second-order valence-electron chi connectivity index (χ2n) is 4.22. The van der Waals surface area contributed by atoms with Crippen molar-refractivity contribution < 1.29 is 14.6 Å². The van der Waals surface area contributed by atoms with E-state index >= 15 is 0 Å². The highest BCUT2D eigenvalue weighted by atomic mass is 32.2. The number of nitrogens with one attached hydrogen (secondary N) is 1. The van der Waals surface area contributed by atoms with E-state index in [4.69, 9.17) is 9.47 Å². The Morgan fingerprint density at radius 3 is 2.94 bits per heavy atom. The molecule has 0 aromatic heterocycles. The molecule has 5 heteroatoms. The van der Waals surface area contributed by atoms with Crippen LogP contribution in [0.5, 0.6) is 0 Å². The Morgan fingerprint density at radius 2 is 2.24 bits per heavy atom. The molecule has 2 N–H and O–H groups in total. The van der Waals surface area contributed by atoms with Crippen molar-refractivity contribution in [1.82, 2.24) is 5.32 Å². The van der Waals surface area contributed by atoms with Crippen molar-refractivity contribution in [2.24, 2.45) is 0 Å². The number of aliphatic hydroxyl groups is 1. The van der Waals surface area contributed by atoms with Crippen LogP contribution in [0.2, 0.25) is 0 Å². The maximum atomic E-state index is 9.64. The summed E-state index contributed by atoms with van der Waals surface area (Å²) in [5.41, 5.74) is 0. The van der Waals surface area contributed by atoms with Gasteiger partial charge < -0.3 is 19.9 Å². The fourth-order valence-corrected chi connectivity index (χ4v) is 2.99. The van der Waals surface area contributed by atoms with Gasteiger partial charge in [-0.3, -0.25) is 0 Å². The van der Waals surface area contributed by atoms with Gasteiger partial charge in [0.05, 0.1) is 25.9 Å². The summed E-state index contributed by atoms with van der Waals surface area (Å²) in [4.78, 5) is 0. The average molecular weight is 263 g/mol. The van der Waals surface area contributed by atoms with Crippen molar-refractivity contribution in [2.75, 3.05) is 45.3 Å². The summed E-state index contributed by atoms with van der Waals surface area (Å²) < 4.78 is 10.4. The lowest BCUT2D eigenvalue weighted by atomic mass is 10.2. The van der Waals surface area contributed by atoms with Gasteiger partial charge in [-0.1, -0.05) is 0 Å². The summed E-state index contributed by atoms with van der Waals surface area (Å²) in [5.74, 6) is 1.29. The zero-order valence-electron chi connectivity index (χ0n) is 10.7. The Labute approximate surface area is 108 Å². The van der Waals surface area contributed by atoms with Gasteiger partial charge in [0, 0.05) is 24.9 Å². The third-order valence-electron chi connectivity index (χ3n) is 2.66. The van der Waals surface area contributed by atoms with E-state index in [-0.39, 0.29) is 0 Å². The van der Waals surface area contributed by atoms with Crippen LogP contribution in [0, 0.1) is 0 Å². The second kappa shape index (κ2) is 10.1. The largest absolute Gasteiger partial charge is 0.389 e. The highest BCUT2D eigenvalue weighted by Gasteiger charge is 2.15. The lowest BCUT2D eigenvalue weighted by molar-refractivity contribution is 0.00659. The van der Waals surface area contributed by atoms with Crippen molar-refractivity contribution in [2.45, 2.75) is 31.1 Å². The average Bonchev–Trinajstić information content (AvgIpc) is 2.82. The molecule has 1 fully saturated rings. The topological polar surface area (TPSA) is 50.7 Å². The van der Waals surface area contributed by atoms with Crippen LogP contribution < -0.4 is 5.32 Å². The first-order valence-corrected chi connectivity index (χ1v) is 7.53. The first kappa shape index (κ1) is 15.2. The zero-order chi connectivity index (χ0) is 12.3. The third kappa shape index (κ3) is 8.00. The first-order chi connectivity index (χ1) is 8.33. The SMILES string of the molecule is CCOCCOCC(O)CNCC1CCCS1. The predicted octanol–water partition coefficient (Wildman–Crippen LogP) is 0.886. The molecule has 0 spiro atoms. The van der Waals surface area contributed by atoms with E-state index < -0.39 is 6.10 Å². The summed E-state index contributed by atoms with van der Waals surface area (Å²) in [6, 6.07) is 0. The first-order valence-electron chi connectivity index (χ1n) is 6.48. The lowest BCUT2D eigenvalue weighted by Crippen LogP contribution is -2.34. The summed E-state index contributed by atoms with van der Waals surface area (Å²) in [7, 11) is 0. The smallest absolute Gasteiger partial charge is 0.0897 e. The van der Waals surface area contributed by atoms with Crippen LogP contribution in [-0.4, -0.2) is 61.7 Å². The quantitative estimate of drug-likeness (QED) is 0.573. The van der Waals surface area contributed by atoms with Gasteiger partial charge >= 0.3 is 0 Å². The van der Waals surface area contributed by atoms with Crippen LogP contribution in [0.1, 0.15) is 19.8 Å². The number of ether oxygens (including phenoxy) is 2. The molecular weight excluding hydrogens is 238 g/mol. The molecule has 1 saturated heterocycles. The molecule has 0 radical (unpaired) electrons. The molecular formula is C12H25NO3S. The zero-order valence-corrected chi connectivity index (χ0v) is 11.5. The van der Waals surface area contributed by atoms with E-state index in [0.29, 0.717) is 33.0 Å². The molecule has 17 heavy (non-hydrogen) atoms. The minimum atomic E-state index is -0.414. The van der Waals surface area contributed by atoms with Crippen molar-refractivity contribution in [3.63, 3.8) is 0 Å². The van der Waals surface area contributed by atoms with Crippen LogP contribution >= 0.6 is 11.8 Å². The van der Waals surface area contributed by atoms with Crippen LogP contribution in [0.3, 0.4) is 0 Å². The van der Waals surface area contributed by atoms with Crippen LogP contribution in [0.4, 0.5) is 0 Å². The third-order valence-corrected chi connectivity index (χ3v) is 4.06. The van der Waals surface area contributed by atoms with Gasteiger partial charge in [0.15, 0.2) is 0 Å². The summed E-state index contributed by atoms with van der Waals surface area (Å²) >= 11 is 2.03. The van der Waals surface area contributed by atoms with Crippen LogP contribution in [0.15, 0.2) is 0 Å². The molecule has 0 bridgehead atoms. The molecule has 4 nitrogen and oxygen atoms in total. The molecule has 102 valence electrons. The molecule has 1 aliphatic heterocycles. The summed E-state index contributed by atoms with van der Waals surface area (Å²) in [6.45, 7) is 5.84. The Morgan fingerprint density at radius 1 is 1.41 bits per heavy atom. The minimum absolute atomic E-state index is 0.387. The van der Waals surface area contributed by atoms with Gasteiger partial charge in [-0.05, 0) is 25.5 Å². The second-order valence-corrected chi connectivity index (χ2v) is 5.63. The molecule has 2 unspecified atom stereocenters. The standard InChI is InChI=1S/C12H25NO3S/c1-2-15-5-6-16-10-11(14)8-13-9-12-4-3-7-17-12/h11-14H,2-10H2,1H3. The summed E-state index contributed by atoms with van der Waals surface area (Å²) in [6.07, 6.45) is 2.22. The number of hydrogen-bond donors (Lipinski definition) is 2. The number of thioether (sulfide) groups is 1. The maximum Gasteiger partial charge on any atom is 0.0897 e. The minimum Gasteiger partial charge on any atom is -0.389 e. The molecule has 1 rings (SSSR count). The van der Waals surface area contributed by atoms with E-state index in [1.54, 1.807) is 0 Å². The maximum absolute atomic E-state index is 9.64. The molecule has 2 atom stereocenters. The van der Waals surface area contributed by atoms with Crippen LogP contribution in [-0.2, 0) is 9.47 Å². The van der Waals surface area contributed by atoms with E-state index in [9.17, 15) is 5.11 Å². The van der Waals surface area contributed by atoms with Gasteiger partial charge in [0.25, 0.3) is 0 Å². The molecule has 1 aliphatic rings. The van der Waals surface area contributed by atoms with E-state index in [0.717, 1.165) is 11.8 Å². The highest BCUT2D eigenvalue weighted by Crippen LogP contribution is 2.25. The Hall–Kier alpha value is 0.190. The van der Waals surface area contributed by atoms with Crippen LogP contribution in [0.25, 0.3) is 0 Å². The lowest BCUT2D eigenvalue weighted by Gasteiger charge is -2.14. The van der Waals surface area contributed by atoms with E-state index in [2.05, 4.69) is 5.32 Å². The predicted molar refractivity (Wildman–Crippen MR) is 71.7 cm³/mol. The molecule has 0 aromatic carbocycles.